The molecule has 0 fully saturated rings. The third kappa shape index (κ3) is 3.48. The van der Waals surface area contributed by atoms with Gasteiger partial charge in [0.25, 0.3) is 0 Å². The lowest BCUT2D eigenvalue weighted by Crippen LogP contribution is -2.36. The van der Waals surface area contributed by atoms with E-state index in [1.165, 1.54) is 18.0 Å². The van der Waals surface area contributed by atoms with Crippen LogP contribution in [0.3, 0.4) is 0 Å². The summed E-state index contributed by atoms with van der Waals surface area (Å²) in [6.07, 6.45) is 2.19. The fraction of sp³-hybridized carbons (Fsp3) is 0.636. The van der Waals surface area contributed by atoms with Crippen LogP contribution in [-0.4, -0.2) is 48.7 Å². The molecule has 1 heterocycles. The van der Waals surface area contributed by atoms with E-state index in [4.69, 9.17) is 5.73 Å². The summed E-state index contributed by atoms with van der Waals surface area (Å²) in [6.45, 7) is 3.93. The van der Waals surface area contributed by atoms with Crippen LogP contribution in [0.4, 0.5) is 5.82 Å². The summed E-state index contributed by atoms with van der Waals surface area (Å²) in [6, 6.07) is 0. The minimum atomic E-state index is -3.86. The van der Waals surface area contributed by atoms with Crippen LogP contribution < -0.4 is 5.73 Å². The van der Waals surface area contributed by atoms with Crippen LogP contribution in [0, 0.1) is 0 Å². The lowest BCUT2D eigenvalue weighted by molar-refractivity contribution is -0.140. The van der Waals surface area contributed by atoms with E-state index in [9.17, 15) is 13.2 Å². The highest BCUT2D eigenvalue weighted by molar-refractivity contribution is 7.89. The van der Waals surface area contributed by atoms with Gasteiger partial charge < -0.3 is 10.5 Å². The maximum absolute atomic E-state index is 12.4. The largest absolute Gasteiger partial charge is 0.468 e. The monoisotopic (exact) mass is 304 g/mol. The summed E-state index contributed by atoms with van der Waals surface area (Å²) < 4.78 is 31.8. The summed E-state index contributed by atoms with van der Waals surface area (Å²) in [4.78, 5) is 11.2. The first-order valence-electron chi connectivity index (χ1n) is 6.26. The van der Waals surface area contributed by atoms with Gasteiger partial charge >= 0.3 is 5.97 Å². The van der Waals surface area contributed by atoms with E-state index in [-0.39, 0.29) is 23.8 Å². The van der Waals surface area contributed by atoms with E-state index < -0.39 is 16.0 Å². The first kappa shape index (κ1) is 16.4. The van der Waals surface area contributed by atoms with Crippen molar-refractivity contribution in [1.29, 1.82) is 0 Å². The Morgan fingerprint density at radius 1 is 1.50 bits per heavy atom. The van der Waals surface area contributed by atoms with Gasteiger partial charge in [-0.25, -0.2) is 8.42 Å². The Kier molecular flexibility index (Phi) is 5.52. The average molecular weight is 304 g/mol. The van der Waals surface area contributed by atoms with Gasteiger partial charge in [0.05, 0.1) is 7.11 Å². The molecule has 114 valence electrons. The molecule has 0 unspecified atom stereocenters. The highest BCUT2D eigenvalue weighted by atomic mass is 32.2. The molecular weight excluding hydrogens is 284 g/mol. The molecule has 20 heavy (non-hydrogen) atoms. The minimum absolute atomic E-state index is 0.0678. The summed E-state index contributed by atoms with van der Waals surface area (Å²) in [7, 11) is -2.66. The van der Waals surface area contributed by atoms with Crippen LogP contribution in [0.2, 0.25) is 0 Å². The molecule has 1 rings (SSSR count). The summed E-state index contributed by atoms with van der Waals surface area (Å²) in [5.74, 6) is -0.697. The van der Waals surface area contributed by atoms with Gasteiger partial charge in [0.15, 0.2) is 5.82 Å². The number of carbonyl (C=O) groups is 1. The molecule has 1 aromatic rings. The van der Waals surface area contributed by atoms with Crippen molar-refractivity contribution in [3.05, 3.63) is 6.20 Å². The lowest BCUT2D eigenvalue weighted by atomic mass is 10.5. The SMILES string of the molecule is CCCn1cc(S(=O)(=O)N(CC)CC(=O)OC)c(N)n1. The van der Waals surface area contributed by atoms with Crippen molar-refractivity contribution in [2.24, 2.45) is 0 Å². The molecule has 0 radical (unpaired) electrons. The highest BCUT2D eigenvalue weighted by Crippen LogP contribution is 2.21. The second-order valence-electron chi connectivity index (χ2n) is 4.15. The van der Waals surface area contributed by atoms with Crippen LogP contribution >= 0.6 is 0 Å². The zero-order valence-corrected chi connectivity index (χ0v) is 12.7. The van der Waals surface area contributed by atoms with Gasteiger partial charge in [0, 0.05) is 19.3 Å². The van der Waals surface area contributed by atoms with E-state index in [2.05, 4.69) is 9.84 Å². The molecule has 0 amide bonds. The maximum atomic E-state index is 12.4. The third-order valence-corrected chi connectivity index (χ3v) is 4.65. The molecule has 1 aromatic heterocycles. The number of hydrogen-bond acceptors (Lipinski definition) is 6. The van der Waals surface area contributed by atoms with E-state index in [1.807, 2.05) is 6.92 Å². The van der Waals surface area contributed by atoms with Gasteiger partial charge in [-0.05, 0) is 6.42 Å². The number of sulfonamides is 1. The summed E-state index contributed by atoms with van der Waals surface area (Å²) >= 11 is 0. The highest BCUT2D eigenvalue weighted by Gasteiger charge is 2.29. The standard InChI is InChI=1S/C11H20N4O4S/c1-4-6-14-7-9(11(12)13-14)20(17,18)15(5-2)8-10(16)19-3/h7H,4-6,8H2,1-3H3,(H2,12,13). The van der Waals surface area contributed by atoms with E-state index in [0.29, 0.717) is 6.54 Å². The zero-order valence-electron chi connectivity index (χ0n) is 11.9. The van der Waals surface area contributed by atoms with Crippen molar-refractivity contribution in [2.45, 2.75) is 31.7 Å². The number of esters is 1. The second kappa shape index (κ2) is 6.71. The Bertz CT molecular complexity index is 567. The number of rotatable bonds is 7. The van der Waals surface area contributed by atoms with Gasteiger partial charge in [-0.15, -0.1) is 0 Å². The predicted octanol–water partition coefficient (Wildman–Crippen LogP) is 0.0589. The van der Waals surface area contributed by atoms with Gasteiger partial charge in [0.1, 0.15) is 11.4 Å². The molecule has 8 nitrogen and oxygen atoms in total. The van der Waals surface area contributed by atoms with Crippen molar-refractivity contribution < 1.29 is 17.9 Å². The lowest BCUT2D eigenvalue weighted by Gasteiger charge is -2.18. The molecule has 0 spiro atoms. The number of aryl methyl sites for hydroxylation is 1. The van der Waals surface area contributed by atoms with Gasteiger partial charge in [-0.1, -0.05) is 13.8 Å². The van der Waals surface area contributed by atoms with E-state index in [0.717, 1.165) is 10.7 Å². The number of nitrogens with zero attached hydrogens (tertiary/aromatic N) is 3. The first-order valence-corrected chi connectivity index (χ1v) is 7.70. The molecule has 2 N–H and O–H groups in total. The number of anilines is 1. The number of likely N-dealkylation sites (N-methyl/N-ethyl adjacent to an activating group) is 1. The Morgan fingerprint density at radius 2 is 2.15 bits per heavy atom. The first-order chi connectivity index (χ1) is 9.36. The number of ether oxygens (including phenoxy) is 1. The fourth-order valence-corrected chi connectivity index (χ4v) is 3.13. The smallest absolute Gasteiger partial charge is 0.321 e. The molecular formula is C11H20N4O4S. The van der Waals surface area contributed by atoms with E-state index in [1.54, 1.807) is 6.92 Å². The number of methoxy groups -OCH3 is 1. The van der Waals surface area contributed by atoms with Crippen LogP contribution in [0.5, 0.6) is 0 Å². The molecule has 0 saturated carbocycles. The molecule has 0 atom stereocenters. The number of aromatic nitrogens is 2. The van der Waals surface area contributed by atoms with Crippen molar-refractivity contribution in [2.75, 3.05) is 25.9 Å². The quantitative estimate of drug-likeness (QED) is 0.714. The number of carbonyl (C=O) groups excluding carboxylic acids is 1. The number of nitrogen functional groups attached to an aromatic ring is 1. The molecule has 0 aliphatic carbocycles. The zero-order chi connectivity index (χ0) is 15.3. The van der Waals surface area contributed by atoms with Crippen molar-refractivity contribution in [1.82, 2.24) is 14.1 Å². The van der Waals surface area contributed by atoms with Gasteiger partial charge in [0.2, 0.25) is 10.0 Å². The minimum Gasteiger partial charge on any atom is -0.468 e. The van der Waals surface area contributed by atoms with Gasteiger partial charge in [-0.3, -0.25) is 9.48 Å². The predicted molar refractivity (Wildman–Crippen MR) is 73.4 cm³/mol. The fourth-order valence-electron chi connectivity index (χ4n) is 1.67. The molecule has 0 saturated heterocycles. The molecule has 0 bridgehead atoms. The molecule has 0 aliphatic rings. The molecule has 0 aliphatic heterocycles. The number of hydrogen-bond donors (Lipinski definition) is 1. The third-order valence-electron chi connectivity index (χ3n) is 2.71. The van der Waals surface area contributed by atoms with E-state index >= 15 is 0 Å². The van der Waals surface area contributed by atoms with Crippen LogP contribution in [0.1, 0.15) is 20.3 Å². The molecule has 9 heteroatoms. The summed E-state index contributed by atoms with van der Waals surface area (Å²) in [5, 5.41) is 3.96. The number of nitrogens with two attached hydrogens (primary N) is 1. The van der Waals surface area contributed by atoms with Crippen LogP contribution in [-0.2, 0) is 26.1 Å². The molecule has 0 aromatic carbocycles. The van der Waals surface area contributed by atoms with Crippen molar-refractivity contribution in [3.8, 4) is 0 Å². The second-order valence-corrected chi connectivity index (χ2v) is 6.06. The Morgan fingerprint density at radius 3 is 2.65 bits per heavy atom. The topological polar surface area (TPSA) is 108 Å². The Hall–Kier alpha value is -1.61. The van der Waals surface area contributed by atoms with Crippen LogP contribution in [0.15, 0.2) is 11.1 Å². The maximum Gasteiger partial charge on any atom is 0.321 e. The Labute approximate surface area is 118 Å². The van der Waals surface area contributed by atoms with Crippen LogP contribution in [0.25, 0.3) is 0 Å². The van der Waals surface area contributed by atoms with Crippen molar-refractivity contribution in [3.63, 3.8) is 0 Å². The normalized spacial score (nSPS) is 11.8. The van der Waals surface area contributed by atoms with Crippen molar-refractivity contribution >= 4 is 21.8 Å². The summed E-state index contributed by atoms with van der Waals surface area (Å²) in [5.41, 5.74) is 5.66. The van der Waals surface area contributed by atoms with Gasteiger partial charge in [-0.2, -0.15) is 9.40 Å². The average Bonchev–Trinajstić information content (AvgIpc) is 2.77. The Balaban J connectivity index is 3.10.